The Balaban J connectivity index is 2.26. The van der Waals surface area contributed by atoms with Crippen LogP contribution in [0, 0.1) is 0 Å². The molecule has 0 saturated carbocycles. The molecule has 0 radical (unpaired) electrons. The molecule has 0 atom stereocenters. The molecule has 3 aromatic rings. The van der Waals surface area contributed by atoms with E-state index < -0.39 is 10.0 Å². The topological polar surface area (TPSA) is 72.0 Å². The summed E-state index contributed by atoms with van der Waals surface area (Å²) < 4.78 is 25.7. The van der Waals surface area contributed by atoms with Gasteiger partial charge >= 0.3 is 0 Å². The molecule has 0 bridgehead atoms. The zero-order valence-corrected chi connectivity index (χ0v) is 12.1. The van der Waals surface area contributed by atoms with Crippen LogP contribution >= 0.6 is 0 Å². The third-order valence-electron chi connectivity index (χ3n) is 2.93. The smallest absolute Gasteiger partial charge is 0.229 e. The van der Waals surface area contributed by atoms with Crippen LogP contribution in [0.5, 0.6) is 0 Å². The van der Waals surface area contributed by atoms with Gasteiger partial charge in [-0.25, -0.2) is 18.4 Å². The molecule has 0 spiro atoms. The standard InChI is InChI=1S/C15H13N3O2S/c1-21(19,20)18-13-10-12-8-5-9-16-15(12)17-14(13)11-6-3-2-4-7-11/h2-10,18H,1H3. The molecular weight excluding hydrogens is 286 g/mol. The van der Waals surface area contributed by atoms with E-state index in [4.69, 9.17) is 0 Å². The molecule has 0 unspecified atom stereocenters. The van der Waals surface area contributed by atoms with E-state index in [1.807, 2.05) is 36.4 Å². The summed E-state index contributed by atoms with van der Waals surface area (Å²) in [4.78, 5) is 8.71. The molecule has 106 valence electrons. The maximum Gasteiger partial charge on any atom is 0.229 e. The van der Waals surface area contributed by atoms with E-state index in [1.54, 1.807) is 18.3 Å². The van der Waals surface area contributed by atoms with Crippen LogP contribution in [0.1, 0.15) is 0 Å². The number of anilines is 1. The highest BCUT2D eigenvalue weighted by Gasteiger charge is 2.12. The van der Waals surface area contributed by atoms with E-state index in [0.29, 0.717) is 17.0 Å². The lowest BCUT2D eigenvalue weighted by Crippen LogP contribution is -2.11. The van der Waals surface area contributed by atoms with Crippen molar-refractivity contribution in [2.24, 2.45) is 0 Å². The van der Waals surface area contributed by atoms with Gasteiger partial charge in [0, 0.05) is 17.1 Å². The lowest BCUT2D eigenvalue weighted by Gasteiger charge is -2.11. The Morgan fingerprint density at radius 2 is 1.81 bits per heavy atom. The normalized spacial score (nSPS) is 11.5. The SMILES string of the molecule is CS(=O)(=O)Nc1cc2cccnc2nc1-c1ccccc1. The van der Waals surface area contributed by atoms with Gasteiger partial charge in [-0.05, 0) is 18.2 Å². The summed E-state index contributed by atoms with van der Waals surface area (Å²) in [5.41, 5.74) is 2.42. The molecule has 5 nitrogen and oxygen atoms in total. The number of pyridine rings is 2. The van der Waals surface area contributed by atoms with Crippen molar-refractivity contribution in [1.29, 1.82) is 0 Å². The number of aromatic nitrogens is 2. The fourth-order valence-corrected chi connectivity index (χ4v) is 2.65. The van der Waals surface area contributed by atoms with Crippen molar-refractivity contribution in [3.63, 3.8) is 0 Å². The van der Waals surface area contributed by atoms with Gasteiger partial charge in [0.25, 0.3) is 0 Å². The van der Waals surface area contributed by atoms with Crippen LogP contribution in [0.15, 0.2) is 54.7 Å². The van der Waals surface area contributed by atoms with E-state index >= 15 is 0 Å². The van der Waals surface area contributed by atoms with Crippen molar-refractivity contribution in [3.05, 3.63) is 54.7 Å². The average molecular weight is 299 g/mol. The second-order valence-electron chi connectivity index (χ2n) is 4.67. The third kappa shape index (κ3) is 3.00. The lowest BCUT2D eigenvalue weighted by atomic mass is 10.1. The third-order valence-corrected chi connectivity index (χ3v) is 3.52. The molecular formula is C15H13N3O2S. The summed E-state index contributed by atoms with van der Waals surface area (Å²) in [6.07, 6.45) is 2.78. The minimum absolute atomic E-state index is 0.448. The van der Waals surface area contributed by atoms with Crippen molar-refractivity contribution in [3.8, 4) is 11.3 Å². The molecule has 0 aliphatic heterocycles. The van der Waals surface area contributed by atoms with Crippen LogP contribution in [0.3, 0.4) is 0 Å². The van der Waals surface area contributed by atoms with Gasteiger partial charge in [-0.2, -0.15) is 0 Å². The maximum absolute atomic E-state index is 11.6. The van der Waals surface area contributed by atoms with Crippen molar-refractivity contribution < 1.29 is 8.42 Å². The molecule has 2 heterocycles. The number of nitrogens with one attached hydrogen (secondary N) is 1. The van der Waals surface area contributed by atoms with Crippen LogP contribution in [0.4, 0.5) is 5.69 Å². The molecule has 3 rings (SSSR count). The summed E-state index contributed by atoms with van der Waals surface area (Å²) in [7, 11) is -3.39. The molecule has 6 heteroatoms. The van der Waals surface area contributed by atoms with Gasteiger partial charge in [0.05, 0.1) is 17.6 Å². The van der Waals surface area contributed by atoms with Crippen molar-refractivity contribution >= 4 is 26.7 Å². The average Bonchev–Trinajstić information content (AvgIpc) is 2.46. The first kappa shape index (κ1) is 13.5. The zero-order chi connectivity index (χ0) is 14.9. The fourth-order valence-electron chi connectivity index (χ4n) is 2.10. The Bertz CT molecular complexity index is 893. The molecule has 1 N–H and O–H groups in total. The van der Waals surface area contributed by atoms with Gasteiger partial charge in [0.15, 0.2) is 5.65 Å². The van der Waals surface area contributed by atoms with Crippen LogP contribution in [0.2, 0.25) is 0 Å². The summed E-state index contributed by atoms with van der Waals surface area (Å²) in [5.74, 6) is 0. The highest BCUT2D eigenvalue weighted by Crippen LogP contribution is 2.29. The first-order chi connectivity index (χ1) is 10.0. The zero-order valence-electron chi connectivity index (χ0n) is 11.3. The largest absolute Gasteiger partial charge is 0.282 e. The molecule has 0 fully saturated rings. The molecule has 0 saturated heterocycles. The Morgan fingerprint density at radius 1 is 1.05 bits per heavy atom. The molecule has 2 aromatic heterocycles. The molecule has 1 aromatic carbocycles. The van der Waals surface area contributed by atoms with Crippen LogP contribution in [-0.2, 0) is 10.0 Å². The number of nitrogens with zero attached hydrogens (tertiary/aromatic N) is 2. The summed E-state index contributed by atoms with van der Waals surface area (Å²) >= 11 is 0. The fraction of sp³-hybridized carbons (Fsp3) is 0.0667. The van der Waals surface area contributed by atoms with Gasteiger partial charge in [0.1, 0.15) is 0 Å². The Hall–Kier alpha value is -2.47. The van der Waals surface area contributed by atoms with E-state index in [2.05, 4.69) is 14.7 Å². The number of hydrogen-bond acceptors (Lipinski definition) is 4. The second kappa shape index (κ2) is 5.14. The Labute approximate surface area is 122 Å². The minimum atomic E-state index is -3.39. The first-order valence-electron chi connectivity index (χ1n) is 6.32. The van der Waals surface area contributed by atoms with Gasteiger partial charge in [-0.3, -0.25) is 4.72 Å². The summed E-state index contributed by atoms with van der Waals surface area (Å²) in [6.45, 7) is 0. The van der Waals surface area contributed by atoms with E-state index in [-0.39, 0.29) is 0 Å². The van der Waals surface area contributed by atoms with Crippen LogP contribution in [0.25, 0.3) is 22.3 Å². The minimum Gasteiger partial charge on any atom is -0.282 e. The van der Waals surface area contributed by atoms with Crippen molar-refractivity contribution in [2.45, 2.75) is 0 Å². The Kier molecular flexibility index (Phi) is 3.31. The summed E-state index contributed by atoms with van der Waals surface area (Å²) in [6, 6.07) is 14.8. The monoisotopic (exact) mass is 299 g/mol. The maximum atomic E-state index is 11.6. The van der Waals surface area contributed by atoms with Gasteiger partial charge in [-0.1, -0.05) is 30.3 Å². The molecule has 0 aliphatic rings. The number of benzene rings is 1. The van der Waals surface area contributed by atoms with Gasteiger partial charge < -0.3 is 0 Å². The first-order valence-corrected chi connectivity index (χ1v) is 8.21. The van der Waals surface area contributed by atoms with E-state index in [0.717, 1.165) is 17.2 Å². The lowest BCUT2D eigenvalue weighted by molar-refractivity contribution is 0.607. The van der Waals surface area contributed by atoms with Crippen molar-refractivity contribution in [2.75, 3.05) is 11.0 Å². The van der Waals surface area contributed by atoms with Gasteiger partial charge in [-0.15, -0.1) is 0 Å². The van der Waals surface area contributed by atoms with E-state index in [1.165, 1.54) is 0 Å². The van der Waals surface area contributed by atoms with Gasteiger partial charge in [0.2, 0.25) is 10.0 Å². The summed E-state index contributed by atoms with van der Waals surface area (Å²) in [5, 5.41) is 0.781. The Morgan fingerprint density at radius 3 is 2.52 bits per heavy atom. The van der Waals surface area contributed by atoms with Crippen molar-refractivity contribution in [1.82, 2.24) is 9.97 Å². The predicted octanol–water partition coefficient (Wildman–Crippen LogP) is 2.67. The highest BCUT2D eigenvalue weighted by atomic mass is 32.2. The predicted molar refractivity (Wildman–Crippen MR) is 83.4 cm³/mol. The number of sulfonamides is 1. The molecule has 0 amide bonds. The number of hydrogen-bond donors (Lipinski definition) is 1. The molecule has 0 aliphatic carbocycles. The number of rotatable bonds is 3. The van der Waals surface area contributed by atoms with Crippen LogP contribution in [-0.4, -0.2) is 24.6 Å². The quantitative estimate of drug-likeness (QED) is 0.807. The number of fused-ring (bicyclic) bond motifs is 1. The second-order valence-corrected chi connectivity index (χ2v) is 6.42. The molecule has 21 heavy (non-hydrogen) atoms. The highest BCUT2D eigenvalue weighted by molar-refractivity contribution is 7.92. The van der Waals surface area contributed by atoms with Crippen LogP contribution < -0.4 is 4.72 Å². The van der Waals surface area contributed by atoms with E-state index in [9.17, 15) is 8.42 Å².